The SMILES string of the molecule is CCOCCn1nc(C(=O)N[C@@H]2C[C@@H]3CN(C)C[C@H](C2)N3C)c2ccccc21. The number of likely N-dealkylation sites (N-methyl/N-ethyl adjacent to an activating group) is 2. The summed E-state index contributed by atoms with van der Waals surface area (Å²) in [5.41, 5.74) is 1.50. The van der Waals surface area contributed by atoms with Gasteiger partial charge in [-0.3, -0.25) is 14.4 Å². The standard InChI is InChI=1S/C21H31N5O2/c1-4-28-10-9-26-19-8-6-5-7-18(19)20(23-26)21(27)22-15-11-16-13-24(2)14-17(12-15)25(16)3/h5-8,15-17H,4,9-14H2,1-3H3,(H,22,27)/t15-,16-,17+. The van der Waals surface area contributed by atoms with Crippen LogP contribution in [0, 0.1) is 0 Å². The van der Waals surface area contributed by atoms with Crippen molar-refractivity contribution in [3.63, 3.8) is 0 Å². The summed E-state index contributed by atoms with van der Waals surface area (Å²) in [5, 5.41) is 8.82. The van der Waals surface area contributed by atoms with E-state index in [2.05, 4.69) is 34.3 Å². The third-order valence-electron chi connectivity index (χ3n) is 6.17. The molecule has 0 unspecified atom stereocenters. The zero-order valence-corrected chi connectivity index (χ0v) is 17.1. The average molecular weight is 386 g/mol. The van der Waals surface area contributed by atoms with E-state index in [-0.39, 0.29) is 11.9 Å². The Bertz CT molecular complexity index is 819. The Hall–Kier alpha value is -1.96. The van der Waals surface area contributed by atoms with Crippen molar-refractivity contribution < 1.29 is 9.53 Å². The average Bonchev–Trinajstić information content (AvgIpc) is 3.03. The second-order valence-corrected chi connectivity index (χ2v) is 8.12. The molecule has 0 spiro atoms. The number of ether oxygens (including phenoxy) is 1. The maximum absolute atomic E-state index is 13.1. The molecule has 3 atom stereocenters. The Morgan fingerprint density at radius 3 is 2.64 bits per heavy atom. The maximum atomic E-state index is 13.1. The first-order valence-corrected chi connectivity index (χ1v) is 10.3. The van der Waals surface area contributed by atoms with E-state index >= 15 is 0 Å². The van der Waals surface area contributed by atoms with Crippen LogP contribution in [0.2, 0.25) is 0 Å². The predicted octanol–water partition coefficient (Wildman–Crippen LogP) is 1.58. The van der Waals surface area contributed by atoms with E-state index in [4.69, 9.17) is 4.74 Å². The fraction of sp³-hybridized carbons (Fsp3) is 0.619. The first kappa shape index (κ1) is 19.4. The third-order valence-corrected chi connectivity index (χ3v) is 6.17. The number of nitrogens with one attached hydrogen (secondary N) is 1. The van der Waals surface area contributed by atoms with E-state index < -0.39 is 0 Å². The van der Waals surface area contributed by atoms with Crippen molar-refractivity contribution in [3.8, 4) is 0 Å². The number of rotatable bonds is 6. The van der Waals surface area contributed by atoms with Crippen LogP contribution in [0.25, 0.3) is 10.9 Å². The molecule has 1 N–H and O–H groups in total. The summed E-state index contributed by atoms with van der Waals surface area (Å²) < 4.78 is 7.36. The van der Waals surface area contributed by atoms with Gasteiger partial charge in [0.25, 0.3) is 5.91 Å². The molecule has 2 aliphatic rings. The number of nitrogens with zero attached hydrogens (tertiary/aromatic N) is 4. The minimum absolute atomic E-state index is 0.0626. The number of fused-ring (bicyclic) bond motifs is 3. The van der Waals surface area contributed by atoms with Gasteiger partial charge in [-0.25, -0.2) is 0 Å². The number of benzene rings is 1. The summed E-state index contributed by atoms with van der Waals surface area (Å²) in [5.74, 6) is -0.0626. The van der Waals surface area contributed by atoms with Gasteiger partial charge in [-0.1, -0.05) is 18.2 Å². The van der Waals surface area contributed by atoms with Gasteiger partial charge < -0.3 is 15.0 Å². The first-order chi connectivity index (χ1) is 13.6. The summed E-state index contributed by atoms with van der Waals surface area (Å²) in [6.45, 7) is 6.03. The van der Waals surface area contributed by atoms with E-state index in [0.29, 0.717) is 37.5 Å². The number of likely N-dealkylation sites (tertiary alicyclic amines) is 1. The molecule has 1 aromatic carbocycles. The highest BCUT2D eigenvalue weighted by atomic mass is 16.5. The molecule has 2 aromatic rings. The van der Waals surface area contributed by atoms with Gasteiger partial charge >= 0.3 is 0 Å². The monoisotopic (exact) mass is 385 g/mol. The number of amides is 1. The van der Waals surface area contributed by atoms with E-state index in [1.54, 1.807) is 0 Å². The topological polar surface area (TPSA) is 62.6 Å². The number of carbonyl (C=O) groups is 1. The Morgan fingerprint density at radius 2 is 1.93 bits per heavy atom. The molecule has 7 heteroatoms. The normalized spacial score (nSPS) is 25.9. The molecular weight excluding hydrogens is 354 g/mol. The van der Waals surface area contributed by atoms with Crippen molar-refractivity contribution in [2.45, 2.75) is 44.4 Å². The molecule has 1 amide bonds. The van der Waals surface area contributed by atoms with Crippen LogP contribution in [-0.2, 0) is 11.3 Å². The summed E-state index contributed by atoms with van der Waals surface area (Å²) in [7, 11) is 4.40. The number of hydrogen-bond acceptors (Lipinski definition) is 5. The lowest BCUT2D eigenvalue weighted by Gasteiger charge is -2.50. The molecule has 2 saturated heterocycles. The Balaban J connectivity index is 1.50. The highest BCUT2D eigenvalue weighted by molar-refractivity contribution is 6.05. The van der Waals surface area contributed by atoms with Crippen LogP contribution in [0.5, 0.6) is 0 Å². The van der Waals surface area contributed by atoms with Gasteiger partial charge in [0.05, 0.1) is 18.7 Å². The zero-order chi connectivity index (χ0) is 19.7. The predicted molar refractivity (Wildman–Crippen MR) is 110 cm³/mol. The molecule has 28 heavy (non-hydrogen) atoms. The van der Waals surface area contributed by atoms with Crippen molar-refractivity contribution in [1.29, 1.82) is 0 Å². The Labute approximate surface area is 166 Å². The van der Waals surface area contributed by atoms with Crippen LogP contribution in [0.4, 0.5) is 0 Å². The molecule has 0 aliphatic carbocycles. The summed E-state index contributed by atoms with van der Waals surface area (Å²) in [6.07, 6.45) is 1.98. The molecule has 1 aromatic heterocycles. The van der Waals surface area contributed by atoms with Gasteiger partial charge in [0.15, 0.2) is 5.69 Å². The maximum Gasteiger partial charge on any atom is 0.272 e. The van der Waals surface area contributed by atoms with Crippen molar-refractivity contribution in [3.05, 3.63) is 30.0 Å². The van der Waals surface area contributed by atoms with Crippen molar-refractivity contribution >= 4 is 16.8 Å². The fourth-order valence-corrected chi connectivity index (χ4v) is 4.72. The van der Waals surface area contributed by atoms with Crippen LogP contribution in [0.1, 0.15) is 30.3 Å². The van der Waals surface area contributed by atoms with Gasteiger partial charge in [0, 0.05) is 43.2 Å². The molecule has 2 fully saturated rings. The van der Waals surface area contributed by atoms with Gasteiger partial charge in [-0.15, -0.1) is 0 Å². The molecule has 0 radical (unpaired) electrons. The van der Waals surface area contributed by atoms with E-state index in [9.17, 15) is 4.79 Å². The van der Waals surface area contributed by atoms with E-state index in [0.717, 1.165) is 36.8 Å². The lowest BCUT2D eigenvalue weighted by molar-refractivity contribution is 0.00837. The Morgan fingerprint density at radius 1 is 1.21 bits per heavy atom. The molecule has 0 saturated carbocycles. The molecule has 2 bridgehead atoms. The van der Waals surface area contributed by atoms with Crippen LogP contribution in [0.3, 0.4) is 0 Å². The van der Waals surface area contributed by atoms with Gasteiger partial charge in [0.1, 0.15) is 0 Å². The molecule has 3 heterocycles. The number of aromatic nitrogens is 2. The summed E-state index contributed by atoms with van der Waals surface area (Å²) >= 11 is 0. The quantitative estimate of drug-likeness (QED) is 0.765. The molecule has 2 aliphatic heterocycles. The zero-order valence-electron chi connectivity index (χ0n) is 17.1. The van der Waals surface area contributed by atoms with E-state index in [1.807, 2.05) is 35.9 Å². The van der Waals surface area contributed by atoms with Crippen LogP contribution >= 0.6 is 0 Å². The summed E-state index contributed by atoms with van der Waals surface area (Å²) in [6, 6.07) is 9.15. The van der Waals surface area contributed by atoms with Gasteiger partial charge in [-0.05, 0) is 39.9 Å². The second-order valence-electron chi connectivity index (χ2n) is 8.12. The van der Waals surface area contributed by atoms with Gasteiger partial charge in [-0.2, -0.15) is 5.10 Å². The third kappa shape index (κ3) is 3.79. The minimum Gasteiger partial charge on any atom is -0.380 e. The molecule has 4 rings (SSSR count). The molecule has 152 valence electrons. The Kier molecular flexibility index (Phi) is 5.66. The van der Waals surface area contributed by atoms with Crippen molar-refractivity contribution in [1.82, 2.24) is 24.9 Å². The van der Waals surface area contributed by atoms with Crippen LogP contribution < -0.4 is 5.32 Å². The highest BCUT2D eigenvalue weighted by Crippen LogP contribution is 2.27. The lowest BCUT2D eigenvalue weighted by atomic mass is 9.88. The first-order valence-electron chi connectivity index (χ1n) is 10.3. The largest absolute Gasteiger partial charge is 0.380 e. The number of carbonyl (C=O) groups excluding carboxylic acids is 1. The molecule has 7 nitrogen and oxygen atoms in total. The second kappa shape index (κ2) is 8.19. The van der Waals surface area contributed by atoms with Crippen LogP contribution in [-0.4, -0.2) is 84.0 Å². The smallest absolute Gasteiger partial charge is 0.272 e. The van der Waals surface area contributed by atoms with Crippen molar-refractivity contribution in [2.75, 3.05) is 40.4 Å². The van der Waals surface area contributed by atoms with Crippen molar-refractivity contribution in [2.24, 2.45) is 0 Å². The lowest BCUT2D eigenvalue weighted by Crippen LogP contribution is -2.63. The number of hydrogen-bond donors (Lipinski definition) is 1. The van der Waals surface area contributed by atoms with E-state index in [1.165, 1.54) is 0 Å². The summed E-state index contributed by atoms with van der Waals surface area (Å²) in [4.78, 5) is 18.0. The van der Waals surface area contributed by atoms with Gasteiger partial charge in [0.2, 0.25) is 0 Å². The minimum atomic E-state index is -0.0626. The fourth-order valence-electron chi connectivity index (χ4n) is 4.72. The molecular formula is C21H31N5O2. The number of para-hydroxylation sites is 1. The van der Waals surface area contributed by atoms with Crippen LogP contribution in [0.15, 0.2) is 24.3 Å². The highest BCUT2D eigenvalue weighted by Gasteiger charge is 2.38. The number of piperidine rings is 1. The number of piperazine rings is 1.